The zero-order valence-electron chi connectivity index (χ0n) is 11.6. The lowest BCUT2D eigenvalue weighted by Gasteiger charge is -2.33. The fraction of sp³-hybridized carbons (Fsp3) is 0.733. The molecule has 2 rings (SSSR count). The number of rotatable bonds is 5. The van der Waals surface area contributed by atoms with Crippen molar-refractivity contribution in [1.82, 2.24) is 4.90 Å². The minimum Gasteiger partial charge on any atom is -0.468 e. The second-order valence-corrected chi connectivity index (χ2v) is 5.76. The molecular formula is C15H26N2O. The van der Waals surface area contributed by atoms with Crippen LogP contribution in [0.1, 0.15) is 50.8 Å². The standard InChI is InChI=1S/C15H26N2O/c1-12(16)15(14-9-6-10-18-14)17(2)11-13-7-4-3-5-8-13/h6,9-10,12-13,15H,3-5,7-8,11,16H2,1-2H3. The van der Waals surface area contributed by atoms with E-state index in [1.807, 2.05) is 12.1 Å². The van der Waals surface area contributed by atoms with Crippen molar-refractivity contribution in [3.63, 3.8) is 0 Å². The van der Waals surface area contributed by atoms with Gasteiger partial charge in [-0.25, -0.2) is 0 Å². The summed E-state index contributed by atoms with van der Waals surface area (Å²) in [4.78, 5) is 2.37. The van der Waals surface area contributed by atoms with Gasteiger partial charge in [0.05, 0.1) is 12.3 Å². The summed E-state index contributed by atoms with van der Waals surface area (Å²) < 4.78 is 5.55. The number of hydrogen-bond acceptors (Lipinski definition) is 3. The molecule has 1 aromatic heterocycles. The lowest BCUT2D eigenvalue weighted by molar-refractivity contribution is 0.149. The van der Waals surface area contributed by atoms with Crippen molar-refractivity contribution < 1.29 is 4.42 Å². The van der Waals surface area contributed by atoms with Gasteiger partial charge in [-0.05, 0) is 44.9 Å². The van der Waals surface area contributed by atoms with Gasteiger partial charge in [-0.2, -0.15) is 0 Å². The summed E-state index contributed by atoms with van der Waals surface area (Å²) in [5, 5.41) is 0. The van der Waals surface area contributed by atoms with Gasteiger partial charge >= 0.3 is 0 Å². The average molecular weight is 250 g/mol. The number of furan rings is 1. The summed E-state index contributed by atoms with van der Waals surface area (Å²) in [7, 11) is 2.17. The van der Waals surface area contributed by atoms with E-state index in [1.54, 1.807) is 6.26 Å². The van der Waals surface area contributed by atoms with E-state index in [0.717, 1.165) is 18.2 Å². The molecule has 3 heteroatoms. The molecule has 0 bridgehead atoms. The molecule has 18 heavy (non-hydrogen) atoms. The van der Waals surface area contributed by atoms with Crippen LogP contribution < -0.4 is 5.73 Å². The van der Waals surface area contributed by atoms with E-state index in [2.05, 4.69) is 18.9 Å². The van der Waals surface area contributed by atoms with Gasteiger partial charge in [0, 0.05) is 12.6 Å². The van der Waals surface area contributed by atoms with Crippen LogP contribution in [0.5, 0.6) is 0 Å². The molecule has 1 heterocycles. The maximum Gasteiger partial charge on any atom is 0.122 e. The highest BCUT2D eigenvalue weighted by Gasteiger charge is 2.26. The van der Waals surface area contributed by atoms with E-state index < -0.39 is 0 Å². The Morgan fingerprint density at radius 2 is 2.11 bits per heavy atom. The van der Waals surface area contributed by atoms with Crippen LogP contribution in [0.4, 0.5) is 0 Å². The van der Waals surface area contributed by atoms with Crippen molar-refractivity contribution in [1.29, 1.82) is 0 Å². The molecule has 102 valence electrons. The first-order valence-corrected chi connectivity index (χ1v) is 7.17. The molecule has 1 aromatic rings. The fourth-order valence-corrected chi connectivity index (χ4v) is 3.23. The van der Waals surface area contributed by atoms with Crippen LogP contribution in [0.3, 0.4) is 0 Å². The second-order valence-electron chi connectivity index (χ2n) is 5.76. The minimum absolute atomic E-state index is 0.0877. The third-order valence-corrected chi connectivity index (χ3v) is 4.08. The molecule has 1 aliphatic carbocycles. The topological polar surface area (TPSA) is 42.4 Å². The van der Waals surface area contributed by atoms with Crippen molar-refractivity contribution in [2.75, 3.05) is 13.6 Å². The molecule has 3 nitrogen and oxygen atoms in total. The number of nitrogens with zero attached hydrogens (tertiary/aromatic N) is 1. The summed E-state index contributed by atoms with van der Waals surface area (Å²) in [5.74, 6) is 1.82. The molecule has 0 aromatic carbocycles. The van der Waals surface area contributed by atoms with Gasteiger partial charge in [-0.15, -0.1) is 0 Å². The van der Waals surface area contributed by atoms with Crippen LogP contribution >= 0.6 is 0 Å². The first-order valence-electron chi connectivity index (χ1n) is 7.17. The average Bonchev–Trinajstić information content (AvgIpc) is 2.83. The molecule has 1 saturated carbocycles. The lowest BCUT2D eigenvalue weighted by atomic mass is 9.88. The highest BCUT2D eigenvalue weighted by atomic mass is 16.3. The van der Waals surface area contributed by atoms with Crippen LogP contribution in [-0.4, -0.2) is 24.5 Å². The largest absolute Gasteiger partial charge is 0.468 e. The summed E-state index contributed by atoms with van der Waals surface area (Å²) in [6.07, 6.45) is 8.67. The summed E-state index contributed by atoms with van der Waals surface area (Å²) >= 11 is 0. The normalized spacial score (nSPS) is 21.1. The Morgan fingerprint density at radius 1 is 1.39 bits per heavy atom. The van der Waals surface area contributed by atoms with Crippen LogP contribution in [-0.2, 0) is 0 Å². The van der Waals surface area contributed by atoms with Crippen molar-refractivity contribution >= 4 is 0 Å². The predicted octanol–water partition coefficient (Wildman–Crippen LogP) is 3.18. The lowest BCUT2D eigenvalue weighted by Crippen LogP contribution is -2.39. The molecule has 1 fully saturated rings. The Labute approximate surface area is 110 Å². The Hall–Kier alpha value is -0.800. The van der Waals surface area contributed by atoms with Crippen molar-refractivity contribution in [3.8, 4) is 0 Å². The molecule has 0 spiro atoms. The molecule has 0 aliphatic heterocycles. The van der Waals surface area contributed by atoms with Gasteiger partial charge in [0.2, 0.25) is 0 Å². The molecule has 0 radical (unpaired) electrons. The number of likely N-dealkylation sites (N-methyl/N-ethyl adjacent to an activating group) is 1. The smallest absolute Gasteiger partial charge is 0.122 e. The van der Waals surface area contributed by atoms with E-state index in [4.69, 9.17) is 10.2 Å². The van der Waals surface area contributed by atoms with Crippen LogP contribution in [0.2, 0.25) is 0 Å². The minimum atomic E-state index is 0.0877. The maximum atomic E-state index is 6.13. The quantitative estimate of drug-likeness (QED) is 0.872. The Balaban J connectivity index is 1.97. The molecule has 2 atom stereocenters. The third-order valence-electron chi connectivity index (χ3n) is 4.08. The molecular weight excluding hydrogens is 224 g/mol. The van der Waals surface area contributed by atoms with Crippen molar-refractivity contribution in [2.45, 2.75) is 51.1 Å². The predicted molar refractivity (Wildman–Crippen MR) is 74.3 cm³/mol. The summed E-state index contributed by atoms with van der Waals surface area (Å²) in [5.41, 5.74) is 6.13. The first kappa shape index (κ1) is 13.6. The zero-order chi connectivity index (χ0) is 13.0. The van der Waals surface area contributed by atoms with Crippen molar-refractivity contribution in [2.24, 2.45) is 11.7 Å². The van der Waals surface area contributed by atoms with Crippen molar-refractivity contribution in [3.05, 3.63) is 24.2 Å². The Morgan fingerprint density at radius 3 is 2.67 bits per heavy atom. The molecule has 0 saturated heterocycles. The zero-order valence-corrected chi connectivity index (χ0v) is 11.6. The van der Waals surface area contributed by atoms with Gasteiger partial charge in [0.15, 0.2) is 0 Å². The van der Waals surface area contributed by atoms with E-state index in [0.29, 0.717) is 0 Å². The van der Waals surface area contributed by atoms with E-state index >= 15 is 0 Å². The van der Waals surface area contributed by atoms with Crippen LogP contribution in [0, 0.1) is 5.92 Å². The Kier molecular flexibility index (Phi) is 4.84. The maximum absolute atomic E-state index is 6.13. The second kappa shape index (κ2) is 6.39. The van der Waals surface area contributed by atoms with Gasteiger partial charge in [-0.3, -0.25) is 4.90 Å². The number of nitrogens with two attached hydrogens (primary N) is 1. The Bertz CT molecular complexity index is 328. The highest BCUT2D eigenvalue weighted by Crippen LogP contribution is 2.28. The van der Waals surface area contributed by atoms with Crippen LogP contribution in [0.25, 0.3) is 0 Å². The first-order chi connectivity index (χ1) is 8.68. The van der Waals surface area contributed by atoms with E-state index in [9.17, 15) is 0 Å². The van der Waals surface area contributed by atoms with Gasteiger partial charge in [-0.1, -0.05) is 19.3 Å². The molecule has 2 unspecified atom stereocenters. The van der Waals surface area contributed by atoms with Gasteiger partial charge in [0.1, 0.15) is 5.76 Å². The molecule has 1 aliphatic rings. The molecule has 0 amide bonds. The van der Waals surface area contributed by atoms with E-state index in [-0.39, 0.29) is 12.1 Å². The highest BCUT2D eigenvalue weighted by molar-refractivity contribution is 5.07. The SMILES string of the molecule is CC(N)C(c1ccco1)N(C)CC1CCCCC1. The van der Waals surface area contributed by atoms with Crippen LogP contribution in [0.15, 0.2) is 22.8 Å². The summed E-state index contributed by atoms with van der Waals surface area (Å²) in [6, 6.07) is 4.26. The van der Waals surface area contributed by atoms with E-state index in [1.165, 1.54) is 32.1 Å². The monoisotopic (exact) mass is 250 g/mol. The van der Waals surface area contributed by atoms with Gasteiger partial charge < -0.3 is 10.2 Å². The summed E-state index contributed by atoms with van der Waals surface area (Å²) in [6.45, 7) is 3.19. The fourth-order valence-electron chi connectivity index (χ4n) is 3.23. The molecule has 2 N–H and O–H groups in total. The van der Waals surface area contributed by atoms with Gasteiger partial charge in [0.25, 0.3) is 0 Å². The number of hydrogen-bond donors (Lipinski definition) is 1. The third kappa shape index (κ3) is 3.36.